The predicted molar refractivity (Wildman–Crippen MR) is 132 cm³/mol. The van der Waals surface area contributed by atoms with Crippen LogP contribution in [-0.4, -0.2) is 30.7 Å². The molecule has 0 fully saturated rings. The van der Waals surface area contributed by atoms with Crippen molar-refractivity contribution < 1.29 is 24.2 Å². The molecule has 0 aliphatic heterocycles. The molecule has 33 heavy (non-hydrogen) atoms. The van der Waals surface area contributed by atoms with E-state index in [2.05, 4.69) is 26.6 Å². The molecule has 0 bridgehead atoms. The third-order valence-corrected chi connectivity index (χ3v) is 5.81. The molecule has 0 unspecified atom stereocenters. The van der Waals surface area contributed by atoms with Crippen molar-refractivity contribution in [3.05, 3.63) is 80.8 Å². The van der Waals surface area contributed by atoms with Crippen LogP contribution in [0.5, 0.6) is 11.5 Å². The second kappa shape index (κ2) is 11.1. The summed E-state index contributed by atoms with van der Waals surface area (Å²) >= 11 is 9.45. The lowest BCUT2D eigenvalue weighted by Gasteiger charge is -2.18. The standard InChI is InChI=1S/C24H22BrClN2O5/c1-14-3-5-15(6-4-14)28-22(29)13-33-23-18(19(25)8-10-21(23)32-2)12-27-16-7-9-20(26)17(11-16)24(30)31/h3-11,27H,12-13H2,1-2H3,(H,28,29)(H,30,31). The number of anilines is 2. The molecule has 0 aromatic heterocycles. The summed E-state index contributed by atoms with van der Waals surface area (Å²) in [6, 6.07) is 15.6. The normalized spacial score (nSPS) is 10.4. The van der Waals surface area contributed by atoms with E-state index in [1.165, 1.54) is 19.2 Å². The monoisotopic (exact) mass is 532 g/mol. The van der Waals surface area contributed by atoms with E-state index in [0.29, 0.717) is 28.4 Å². The molecule has 0 saturated heterocycles. The average Bonchev–Trinajstić information content (AvgIpc) is 2.79. The van der Waals surface area contributed by atoms with Gasteiger partial charge in [0.15, 0.2) is 18.1 Å². The van der Waals surface area contributed by atoms with Crippen LogP contribution in [0.1, 0.15) is 21.5 Å². The number of carbonyl (C=O) groups is 2. The molecule has 0 atom stereocenters. The van der Waals surface area contributed by atoms with E-state index in [-0.39, 0.29) is 29.6 Å². The van der Waals surface area contributed by atoms with Crippen molar-refractivity contribution in [2.75, 3.05) is 24.4 Å². The first-order valence-corrected chi connectivity index (χ1v) is 11.1. The van der Waals surface area contributed by atoms with E-state index < -0.39 is 5.97 Å². The third-order valence-electron chi connectivity index (χ3n) is 4.74. The molecular formula is C24H22BrClN2O5. The van der Waals surface area contributed by atoms with Gasteiger partial charge in [0.25, 0.3) is 5.91 Å². The van der Waals surface area contributed by atoms with Crippen molar-refractivity contribution >= 4 is 50.8 Å². The number of aromatic carboxylic acids is 1. The van der Waals surface area contributed by atoms with Crippen LogP contribution in [0.25, 0.3) is 0 Å². The van der Waals surface area contributed by atoms with Crippen molar-refractivity contribution in [3.63, 3.8) is 0 Å². The summed E-state index contributed by atoms with van der Waals surface area (Å²) in [6.45, 7) is 2.02. The number of amides is 1. The van der Waals surface area contributed by atoms with Gasteiger partial charge >= 0.3 is 5.97 Å². The average molecular weight is 534 g/mol. The minimum absolute atomic E-state index is 0.00405. The summed E-state index contributed by atoms with van der Waals surface area (Å²) in [5.74, 6) is -0.579. The van der Waals surface area contributed by atoms with Crippen LogP contribution in [0.2, 0.25) is 5.02 Å². The number of hydrogen-bond acceptors (Lipinski definition) is 5. The Balaban J connectivity index is 1.76. The molecule has 3 rings (SSSR count). The highest BCUT2D eigenvalue weighted by atomic mass is 79.9. The summed E-state index contributed by atoms with van der Waals surface area (Å²) < 4.78 is 12.0. The lowest BCUT2D eigenvalue weighted by Crippen LogP contribution is -2.21. The van der Waals surface area contributed by atoms with Crippen LogP contribution in [0, 0.1) is 6.92 Å². The van der Waals surface area contributed by atoms with Crippen molar-refractivity contribution in [3.8, 4) is 11.5 Å². The van der Waals surface area contributed by atoms with Crippen molar-refractivity contribution in [2.45, 2.75) is 13.5 Å². The molecule has 3 aromatic carbocycles. The zero-order chi connectivity index (χ0) is 24.0. The SMILES string of the molecule is COc1ccc(Br)c(CNc2ccc(Cl)c(C(=O)O)c2)c1OCC(=O)Nc1ccc(C)cc1. The Morgan fingerprint density at radius 2 is 1.76 bits per heavy atom. The Hall–Kier alpha value is -3.23. The fraction of sp³-hybridized carbons (Fsp3) is 0.167. The summed E-state index contributed by atoms with van der Waals surface area (Å²) in [4.78, 5) is 23.7. The van der Waals surface area contributed by atoms with Gasteiger partial charge in [0, 0.05) is 28.0 Å². The Labute approximate surface area is 204 Å². The van der Waals surface area contributed by atoms with Gasteiger partial charge in [-0.15, -0.1) is 0 Å². The first kappa shape index (κ1) is 24.4. The van der Waals surface area contributed by atoms with Crippen LogP contribution < -0.4 is 20.1 Å². The molecule has 172 valence electrons. The number of hydrogen-bond donors (Lipinski definition) is 3. The Bertz CT molecular complexity index is 1170. The number of carbonyl (C=O) groups excluding carboxylic acids is 1. The van der Waals surface area contributed by atoms with Crippen LogP contribution >= 0.6 is 27.5 Å². The van der Waals surface area contributed by atoms with Crippen LogP contribution in [0.15, 0.2) is 59.1 Å². The molecule has 1 amide bonds. The van der Waals surface area contributed by atoms with Crippen LogP contribution in [-0.2, 0) is 11.3 Å². The Morgan fingerprint density at radius 3 is 2.42 bits per heavy atom. The maximum atomic E-state index is 12.4. The zero-order valence-corrected chi connectivity index (χ0v) is 20.3. The first-order chi connectivity index (χ1) is 15.8. The van der Waals surface area contributed by atoms with E-state index in [1.54, 1.807) is 18.2 Å². The van der Waals surface area contributed by atoms with Gasteiger partial charge in [-0.1, -0.05) is 45.2 Å². The minimum atomic E-state index is -1.12. The molecule has 9 heteroatoms. The smallest absolute Gasteiger partial charge is 0.337 e. The van der Waals surface area contributed by atoms with Crippen molar-refractivity contribution in [1.29, 1.82) is 0 Å². The molecule has 0 spiro atoms. The number of carboxylic acid groups (broad SMARTS) is 1. The van der Waals surface area contributed by atoms with Crippen LogP contribution in [0.4, 0.5) is 11.4 Å². The van der Waals surface area contributed by atoms with Gasteiger partial charge < -0.3 is 25.2 Å². The summed E-state index contributed by atoms with van der Waals surface area (Å²) in [5.41, 5.74) is 3.03. The number of halogens is 2. The molecule has 3 N–H and O–H groups in total. The lowest BCUT2D eigenvalue weighted by atomic mass is 10.1. The Morgan fingerprint density at radius 1 is 1.06 bits per heavy atom. The number of rotatable bonds is 9. The molecule has 0 saturated carbocycles. The minimum Gasteiger partial charge on any atom is -0.493 e. The summed E-state index contributed by atoms with van der Waals surface area (Å²) in [6.07, 6.45) is 0. The molecule has 0 radical (unpaired) electrons. The maximum Gasteiger partial charge on any atom is 0.337 e. The second-order valence-corrected chi connectivity index (χ2v) is 8.38. The molecule has 0 aliphatic rings. The topological polar surface area (TPSA) is 96.9 Å². The van der Waals surface area contributed by atoms with Gasteiger partial charge in [-0.25, -0.2) is 4.79 Å². The molecule has 0 heterocycles. The van der Waals surface area contributed by atoms with Crippen molar-refractivity contribution in [2.24, 2.45) is 0 Å². The quantitative estimate of drug-likeness (QED) is 0.324. The summed E-state index contributed by atoms with van der Waals surface area (Å²) in [5, 5.41) is 15.4. The highest BCUT2D eigenvalue weighted by Crippen LogP contribution is 2.37. The zero-order valence-electron chi connectivity index (χ0n) is 17.9. The summed E-state index contributed by atoms with van der Waals surface area (Å²) in [7, 11) is 1.51. The molecule has 0 aliphatic carbocycles. The highest BCUT2D eigenvalue weighted by molar-refractivity contribution is 9.10. The number of methoxy groups -OCH3 is 1. The third kappa shape index (κ3) is 6.40. The van der Waals surface area contributed by atoms with Gasteiger partial charge in [-0.3, -0.25) is 4.79 Å². The Kier molecular flexibility index (Phi) is 8.19. The van der Waals surface area contributed by atoms with Gasteiger partial charge in [-0.2, -0.15) is 0 Å². The largest absolute Gasteiger partial charge is 0.493 e. The van der Waals surface area contributed by atoms with Gasteiger partial charge in [0.1, 0.15) is 0 Å². The first-order valence-electron chi connectivity index (χ1n) is 9.90. The van der Waals surface area contributed by atoms with Crippen molar-refractivity contribution in [1.82, 2.24) is 0 Å². The van der Waals surface area contributed by atoms with E-state index >= 15 is 0 Å². The maximum absolute atomic E-state index is 12.4. The van der Waals surface area contributed by atoms with Gasteiger partial charge in [0.2, 0.25) is 0 Å². The van der Waals surface area contributed by atoms with E-state index in [4.69, 9.17) is 21.1 Å². The second-order valence-electron chi connectivity index (χ2n) is 7.11. The lowest BCUT2D eigenvalue weighted by molar-refractivity contribution is -0.118. The molecule has 3 aromatic rings. The van der Waals surface area contributed by atoms with Gasteiger partial charge in [-0.05, 0) is 49.4 Å². The fourth-order valence-corrected chi connectivity index (χ4v) is 3.68. The van der Waals surface area contributed by atoms with E-state index in [1.807, 2.05) is 31.2 Å². The number of ether oxygens (including phenoxy) is 2. The van der Waals surface area contributed by atoms with Gasteiger partial charge in [0.05, 0.1) is 17.7 Å². The number of nitrogens with one attached hydrogen (secondary N) is 2. The van der Waals surface area contributed by atoms with E-state index in [9.17, 15) is 14.7 Å². The van der Waals surface area contributed by atoms with E-state index in [0.717, 1.165) is 10.0 Å². The molecular weight excluding hydrogens is 512 g/mol. The highest BCUT2D eigenvalue weighted by Gasteiger charge is 2.17. The van der Waals surface area contributed by atoms with Crippen LogP contribution in [0.3, 0.4) is 0 Å². The fourth-order valence-electron chi connectivity index (χ4n) is 3.03. The molecule has 7 nitrogen and oxygen atoms in total. The predicted octanol–water partition coefficient (Wildman–Crippen LogP) is 5.75. The number of aryl methyl sites for hydroxylation is 1. The number of benzene rings is 3. The number of carboxylic acids is 1.